The van der Waals surface area contributed by atoms with Gasteiger partial charge in [-0.15, -0.1) is 11.8 Å². The number of carbonyl (C=O) groups is 2. The van der Waals surface area contributed by atoms with Crippen LogP contribution in [0.4, 0.5) is 5.69 Å². The van der Waals surface area contributed by atoms with Gasteiger partial charge in [0.2, 0.25) is 15.9 Å². The van der Waals surface area contributed by atoms with E-state index in [0.717, 1.165) is 16.2 Å². The van der Waals surface area contributed by atoms with Crippen LogP contribution in [0.1, 0.15) is 5.56 Å². The first-order valence-corrected chi connectivity index (χ1v) is 10.7. The normalized spacial score (nSPS) is 11.9. The smallest absolute Gasteiger partial charge is 0.342 e. The van der Waals surface area contributed by atoms with Crippen molar-refractivity contribution in [2.75, 3.05) is 11.1 Å². The van der Waals surface area contributed by atoms with Gasteiger partial charge in [-0.25, -0.2) is 18.4 Å². The summed E-state index contributed by atoms with van der Waals surface area (Å²) in [5.41, 5.74) is 1.07. The fourth-order valence-electron chi connectivity index (χ4n) is 1.94. The fraction of sp³-hybridized carbons (Fsp3) is 0.0588. The lowest BCUT2D eigenvalue weighted by molar-refractivity contribution is -0.131. The molecule has 0 heterocycles. The Hall–Kier alpha value is -2.14. The molecule has 142 valence electrons. The van der Waals surface area contributed by atoms with Crippen LogP contribution in [-0.4, -0.2) is 31.2 Å². The molecule has 0 radical (unpaired) electrons. The standard InChI is InChI=1S/C17H15BrN2O5S2/c18-12-3-1-11(2-4-12)9-15(17(22)23)26-10-16(21)20-13-5-7-14(8-6-13)27(19,24)25/h1-9H,10H2,(H,20,21)(H,22,23)(H2,19,24,25)/b15-9+. The van der Waals surface area contributed by atoms with E-state index >= 15 is 0 Å². The summed E-state index contributed by atoms with van der Waals surface area (Å²) >= 11 is 4.19. The summed E-state index contributed by atoms with van der Waals surface area (Å²) in [5.74, 6) is -1.68. The predicted molar refractivity (Wildman–Crippen MR) is 109 cm³/mol. The average molecular weight is 471 g/mol. The number of carbonyl (C=O) groups excluding carboxylic acids is 1. The van der Waals surface area contributed by atoms with E-state index in [0.29, 0.717) is 11.3 Å². The Morgan fingerprint density at radius 2 is 1.70 bits per heavy atom. The number of hydrogen-bond acceptors (Lipinski definition) is 5. The van der Waals surface area contributed by atoms with Gasteiger partial charge in [-0.3, -0.25) is 4.79 Å². The summed E-state index contributed by atoms with van der Waals surface area (Å²) in [5, 5.41) is 16.9. The second-order valence-electron chi connectivity index (χ2n) is 5.27. The number of primary sulfonamides is 1. The molecular formula is C17H15BrN2O5S2. The van der Waals surface area contributed by atoms with E-state index in [9.17, 15) is 23.1 Å². The van der Waals surface area contributed by atoms with Crippen molar-refractivity contribution in [2.45, 2.75) is 4.90 Å². The molecule has 0 atom stereocenters. The number of halogens is 1. The van der Waals surface area contributed by atoms with Crippen LogP contribution in [0, 0.1) is 0 Å². The largest absolute Gasteiger partial charge is 0.477 e. The number of nitrogens with one attached hydrogen (secondary N) is 1. The van der Waals surface area contributed by atoms with Crippen LogP contribution in [0.2, 0.25) is 0 Å². The minimum Gasteiger partial charge on any atom is -0.477 e. The van der Waals surface area contributed by atoms with Crippen molar-refractivity contribution >= 4 is 61.4 Å². The lowest BCUT2D eigenvalue weighted by Crippen LogP contribution is -2.15. The summed E-state index contributed by atoms with van der Waals surface area (Å²) in [6, 6.07) is 12.4. The highest BCUT2D eigenvalue weighted by Crippen LogP contribution is 2.21. The van der Waals surface area contributed by atoms with Gasteiger partial charge < -0.3 is 10.4 Å². The first-order chi connectivity index (χ1) is 12.6. The Balaban J connectivity index is 1.99. The van der Waals surface area contributed by atoms with Gasteiger partial charge >= 0.3 is 5.97 Å². The molecule has 0 fully saturated rings. The maximum Gasteiger partial charge on any atom is 0.342 e. The van der Waals surface area contributed by atoms with Crippen molar-refractivity contribution in [3.05, 3.63) is 63.5 Å². The second-order valence-corrected chi connectivity index (χ2v) is 8.77. The van der Waals surface area contributed by atoms with Gasteiger partial charge in [0.25, 0.3) is 0 Å². The number of carboxylic acid groups (broad SMARTS) is 1. The first kappa shape index (κ1) is 21.2. The van der Waals surface area contributed by atoms with Crippen molar-refractivity contribution in [3.63, 3.8) is 0 Å². The third-order valence-electron chi connectivity index (χ3n) is 3.20. The molecule has 27 heavy (non-hydrogen) atoms. The number of carboxylic acids is 1. The summed E-state index contributed by atoms with van der Waals surface area (Å²) in [6.07, 6.45) is 1.48. The lowest BCUT2D eigenvalue weighted by atomic mass is 10.2. The highest BCUT2D eigenvalue weighted by Gasteiger charge is 2.12. The van der Waals surface area contributed by atoms with Crippen molar-refractivity contribution in [1.82, 2.24) is 0 Å². The number of sulfonamides is 1. The molecule has 0 saturated heterocycles. The SMILES string of the molecule is NS(=O)(=O)c1ccc(NC(=O)CS/C(=C/c2ccc(Br)cc2)C(=O)O)cc1. The molecule has 0 bridgehead atoms. The predicted octanol–water partition coefficient (Wildman–Crippen LogP) is 2.89. The molecule has 0 aromatic heterocycles. The van der Waals surface area contributed by atoms with Gasteiger partial charge in [0.1, 0.15) is 0 Å². The molecule has 4 N–H and O–H groups in total. The molecule has 0 aliphatic heterocycles. The van der Waals surface area contributed by atoms with Crippen LogP contribution in [0.15, 0.2) is 62.8 Å². The number of amides is 1. The average Bonchev–Trinajstić information content (AvgIpc) is 2.59. The van der Waals surface area contributed by atoms with Crippen molar-refractivity contribution in [2.24, 2.45) is 5.14 Å². The molecule has 1 amide bonds. The molecule has 0 saturated carbocycles. The third kappa shape index (κ3) is 6.83. The summed E-state index contributed by atoms with van der Waals surface area (Å²) < 4.78 is 23.3. The van der Waals surface area contributed by atoms with E-state index in [-0.39, 0.29) is 15.6 Å². The fourth-order valence-corrected chi connectivity index (χ4v) is 3.43. The van der Waals surface area contributed by atoms with Crippen molar-refractivity contribution in [3.8, 4) is 0 Å². The molecule has 0 unspecified atom stereocenters. The molecule has 2 rings (SSSR count). The number of anilines is 1. The Bertz CT molecular complexity index is 971. The van der Waals surface area contributed by atoms with Crippen LogP contribution in [0.25, 0.3) is 6.08 Å². The van der Waals surface area contributed by atoms with Gasteiger partial charge in [-0.2, -0.15) is 0 Å². The lowest BCUT2D eigenvalue weighted by Gasteiger charge is -2.07. The number of benzene rings is 2. The van der Waals surface area contributed by atoms with Gasteiger partial charge in [-0.05, 0) is 48.0 Å². The van der Waals surface area contributed by atoms with E-state index in [2.05, 4.69) is 21.2 Å². The molecule has 0 aliphatic carbocycles. The van der Waals surface area contributed by atoms with Gasteiger partial charge in [-0.1, -0.05) is 28.1 Å². The van der Waals surface area contributed by atoms with E-state index in [1.165, 1.54) is 30.3 Å². The number of nitrogens with two attached hydrogens (primary N) is 1. The van der Waals surface area contributed by atoms with Crippen LogP contribution in [0.3, 0.4) is 0 Å². The molecule has 0 spiro atoms. The monoisotopic (exact) mass is 470 g/mol. The van der Waals surface area contributed by atoms with Crippen LogP contribution >= 0.6 is 27.7 Å². The summed E-state index contributed by atoms with van der Waals surface area (Å²) in [4.78, 5) is 23.3. The minimum absolute atomic E-state index is 0.0250. The van der Waals surface area contributed by atoms with Crippen molar-refractivity contribution < 1.29 is 23.1 Å². The number of hydrogen-bond donors (Lipinski definition) is 3. The highest BCUT2D eigenvalue weighted by atomic mass is 79.9. The van der Waals surface area contributed by atoms with E-state index < -0.39 is 21.9 Å². The maximum absolute atomic E-state index is 12.0. The van der Waals surface area contributed by atoms with Crippen LogP contribution in [-0.2, 0) is 19.6 Å². The molecule has 0 aliphatic rings. The van der Waals surface area contributed by atoms with Crippen molar-refractivity contribution in [1.29, 1.82) is 0 Å². The Morgan fingerprint density at radius 1 is 1.11 bits per heavy atom. The zero-order valence-corrected chi connectivity index (χ0v) is 17.0. The third-order valence-corrected chi connectivity index (χ3v) is 5.67. The Morgan fingerprint density at radius 3 is 2.22 bits per heavy atom. The molecule has 2 aromatic carbocycles. The zero-order valence-electron chi connectivity index (χ0n) is 13.8. The molecule has 2 aromatic rings. The molecule has 7 nitrogen and oxygen atoms in total. The number of aliphatic carboxylic acids is 1. The van der Waals surface area contributed by atoms with Gasteiger partial charge in [0, 0.05) is 10.2 Å². The quantitative estimate of drug-likeness (QED) is 0.533. The van der Waals surface area contributed by atoms with Gasteiger partial charge in [0.05, 0.1) is 15.6 Å². The summed E-state index contributed by atoms with van der Waals surface area (Å²) in [6.45, 7) is 0. The zero-order chi connectivity index (χ0) is 20.0. The molecular weight excluding hydrogens is 456 g/mol. The second kappa shape index (κ2) is 9.18. The topological polar surface area (TPSA) is 127 Å². The van der Waals surface area contributed by atoms with E-state index in [4.69, 9.17) is 5.14 Å². The van der Waals surface area contributed by atoms with E-state index in [1.807, 2.05) is 0 Å². The minimum atomic E-state index is -3.80. The summed E-state index contributed by atoms with van der Waals surface area (Å²) in [7, 11) is -3.80. The number of rotatable bonds is 7. The van der Waals surface area contributed by atoms with Crippen LogP contribution < -0.4 is 10.5 Å². The number of thioether (sulfide) groups is 1. The van der Waals surface area contributed by atoms with Gasteiger partial charge in [0.15, 0.2) is 0 Å². The Kier molecular flexibility index (Phi) is 7.19. The highest BCUT2D eigenvalue weighted by molar-refractivity contribution is 9.10. The first-order valence-electron chi connectivity index (χ1n) is 7.41. The van der Waals surface area contributed by atoms with E-state index in [1.54, 1.807) is 24.3 Å². The Labute approximate surface area is 168 Å². The molecule has 10 heteroatoms. The maximum atomic E-state index is 12.0. The van der Waals surface area contributed by atoms with Crippen LogP contribution in [0.5, 0.6) is 0 Å².